The first-order valence-electron chi connectivity index (χ1n) is 11.3. The van der Waals surface area contributed by atoms with Gasteiger partial charge in [-0.05, 0) is 59.7 Å². The zero-order valence-electron chi connectivity index (χ0n) is 19.5. The molecule has 1 aromatic heterocycles. The van der Waals surface area contributed by atoms with Gasteiger partial charge in [-0.1, -0.05) is 18.2 Å². The van der Waals surface area contributed by atoms with Crippen molar-refractivity contribution in [3.63, 3.8) is 0 Å². The Morgan fingerprint density at radius 2 is 2.09 bits per heavy atom. The second kappa shape index (κ2) is 9.33. The second-order valence-electron chi connectivity index (χ2n) is 8.46. The molecule has 0 bridgehead atoms. The van der Waals surface area contributed by atoms with E-state index in [1.165, 1.54) is 16.4 Å². The van der Waals surface area contributed by atoms with Crippen LogP contribution in [0.25, 0.3) is 11.1 Å². The highest BCUT2D eigenvalue weighted by molar-refractivity contribution is 7.91. The molecule has 0 spiro atoms. The van der Waals surface area contributed by atoms with Gasteiger partial charge in [0.25, 0.3) is 0 Å². The monoisotopic (exact) mass is 497 g/mol. The quantitative estimate of drug-likeness (QED) is 0.556. The van der Waals surface area contributed by atoms with Gasteiger partial charge < -0.3 is 19.5 Å². The van der Waals surface area contributed by atoms with E-state index in [0.717, 1.165) is 41.7 Å². The van der Waals surface area contributed by atoms with Gasteiger partial charge in [-0.2, -0.15) is 5.10 Å². The highest BCUT2D eigenvalue weighted by Gasteiger charge is 2.28. The molecule has 0 radical (unpaired) electrons. The predicted molar refractivity (Wildman–Crippen MR) is 131 cm³/mol. The summed E-state index contributed by atoms with van der Waals surface area (Å²) in [6.45, 7) is 0.696. The first-order valence-corrected chi connectivity index (χ1v) is 12.8. The second-order valence-corrected chi connectivity index (χ2v) is 10.2. The lowest BCUT2D eigenvalue weighted by Gasteiger charge is -2.23. The van der Waals surface area contributed by atoms with E-state index in [1.807, 2.05) is 36.4 Å². The van der Waals surface area contributed by atoms with E-state index in [0.29, 0.717) is 12.2 Å². The van der Waals surface area contributed by atoms with E-state index in [-0.39, 0.29) is 23.5 Å². The molecular weight excluding hydrogens is 470 g/mol. The molecule has 2 heterocycles. The van der Waals surface area contributed by atoms with Gasteiger partial charge in [0.1, 0.15) is 23.4 Å². The third kappa shape index (κ3) is 4.49. The number of carbonyl (C=O) groups is 1. The van der Waals surface area contributed by atoms with Crippen LogP contribution in [0.4, 0.5) is 10.5 Å². The lowest BCUT2D eigenvalue weighted by atomic mass is 9.95. The zero-order chi connectivity index (χ0) is 24.6. The summed E-state index contributed by atoms with van der Waals surface area (Å²) < 4.78 is 34.8. The summed E-state index contributed by atoms with van der Waals surface area (Å²) in [6.07, 6.45) is 3.86. The predicted octanol–water partition coefficient (Wildman–Crippen LogP) is 3.39. The number of nitrogens with two attached hydrogens (primary N) is 1. The highest BCUT2D eigenvalue weighted by atomic mass is 32.2. The Morgan fingerprint density at radius 1 is 1.26 bits per heavy atom. The topological polar surface area (TPSA) is 130 Å². The smallest absolute Gasteiger partial charge is 0.354 e. The Hall–Kier alpha value is -3.41. The van der Waals surface area contributed by atoms with Crippen LogP contribution in [-0.2, 0) is 34.0 Å². The maximum absolute atomic E-state index is 13.2. The fourth-order valence-corrected chi connectivity index (χ4v) is 5.59. The molecule has 3 N–H and O–H groups in total. The standard InChI is InChI=1S/C24H27N5O5S/c1-32-16-6-3-5-15(11-16)18-9-10-21(20-8-4-7-19(18)20)27-24(30)28-35(25,31)22-12-26-29-13-17(33-2)14-34-23(22)29/h3,5-6,9-12,17H,4,7-8,13-14H2,1-2H3,(H3,25,27,28,30,31)/t17-,35?/m0/s1. The van der Waals surface area contributed by atoms with Crippen molar-refractivity contribution >= 4 is 21.6 Å². The number of hydrogen-bond donors (Lipinski definition) is 2. The van der Waals surface area contributed by atoms with Gasteiger partial charge in [0, 0.05) is 12.8 Å². The average molecular weight is 498 g/mol. The first-order chi connectivity index (χ1) is 16.9. The van der Waals surface area contributed by atoms with Crippen molar-refractivity contribution in [1.82, 2.24) is 9.78 Å². The average Bonchev–Trinajstić information content (AvgIpc) is 3.51. The van der Waals surface area contributed by atoms with Gasteiger partial charge in [0.2, 0.25) is 5.88 Å². The molecule has 5 rings (SSSR count). The molecule has 0 saturated carbocycles. The minimum atomic E-state index is -3.57. The molecular formula is C24H27N5O5S. The number of aromatic nitrogens is 2. The number of fused-ring (bicyclic) bond motifs is 2. The molecule has 0 fully saturated rings. The van der Waals surface area contributed by atoms with Crippen LogP contribution < -0.4 is 19.9 Å². The molecule has 0 saturated heterocycles. The molecule has 2 aromatic carbocycles. The van der Waals surface area contributed by atoms with Crippen molar-refractivity contribution in [3.05, 3.63) is 53.7 Å². The molecule has 2 atom stereocenters. The van der Waals surface area contributed by atoms with E-state index in [9.17, 15) is 9.00 Å². The van der Waals surface area contributed by atoms with Crippen LogP contribution in [0.15, 0.2) is 51.9 Å². The fraction of sp³-hybridized carbons (Fsp3) is 0.333. The molecule has 3 aromatic rings. The third-order valence-corrected chi connectivity index (χ3v) is 7.66. The van der Waals surface area contributed by atoms with E-state index in [4.69, 9.17) is 19.3 Å². The van der Waals surface area contributed by atoms with Gasteiger partial charge in [-0.15, -0.1) is 4.36 Å². The van der Waals surface area contributed by atoms with Gasteiger partial charge in [0.15, 0.2) is 9.92 Å². The van der Waals surface area contributed by atoms with Crippen LogP contribution in [0.5, 0.6) is 11.6 Å². The van der Waals surface area contributed by atoms with Crippen molar-refractivity contribution in [3.8, 4) is 22.8 Å². The van der Waals surface area contributed by atoms with Gasteiger partial charge in [0.05, 0.1) is 19.9 Å². The summed E-state index contributed by atoms with van der Waals surface area (Å²) in [4.78, 5) is 12.9. The number of rotatable bonds is 5. The number of nitrogens with one attached hydrogen (secondary N) is 1. The lowest BCUT2D eigenvalue weighted by Crippen LogP contribution is -2.32. The Balaban J connectivity index is 1.41. The van der Waals surface area contributed by atoms with Crippen molar-refractivity contribution < 1.29 is 23.2 Å². The maximum atomic E-state index is 13.2. The number of hydrogen-bond acceptors (Lipinski definition) is 6. The molecule has 1 aliphatic carbocycles. The summed E-state index contributed by atoms with van der Waals surface area (Å²) in [6, 6.07) is 10.9. The van der Waals surface area contributed by atoms with Gasteiger partial charge in [-0.3, -0.25) is 0 Å². The number of urea groups is 1. The number of benzene rings is 2. The minimum Gasteiger partial charge on any atom is -0.497 e. The number of nitrogens with zero attached hydrogens (tertiary/aromatic N) is 3. The summed E-state index contributed by atoms with van der Waals surface area (Å²) >= 11 is 0. The summed E-state index contributed by atoms with van der Waals surface area (Å²) in [7, 11) is -0.354. The Labute approximate surface area is 203 Å². The minimum absolute atomic E-state index is 0.0841. The van der Waals surface area contributed by atoms with E-state index in [1.54, 1.807) is 14.2 Å². The van der Waals surface area contributed by atoms with Gasteiger partial charge >= 0.3 is 6.03 Å². The molecule has 184 valence electrons. The van der Waals surface area contributed by atoms with Crippen molar-refractivity contribution in [1.29, 1.82) is 0 Å². The van der Waals surface area contributed by atoms with Crippen LogP contribution in [0.2, 0.25) is 0 Å². The van der Waals surface area contributed by atoms with Crippen LogP contribution in [0.3, 0.4) is 0 Å². The fourth-order valence-electron chi connectivity index (χ4n) is 4.59. The molecule has 2 amide bonds. The van der Waals surface area contributed by atoms with E-state index >= 15 is 0 Å². The third-order valence-electron chi connectivity index (χ3n) is 6.32. The highest BCUT2D eigenvalue weighted by Crippen LogP contribution is 2.38. The SMILES string of the molecule is COc1cccc(-c2ccc(NC(=O)N=S(N)(=O)c3cnn4c3OC[C@@H](OC)C4)c3c2CCC3)c1. The van der Waals surface area contributed by atoms with Crippen molar-refractivity contribution in [2.45, 2.75) is 36.8 Å². The lowest BCUT2D eigenvalue weighted by molar-refractivity contribution is 0.0165. The van der Waals surface area contributed by atoms with E-state index < -0.39 is 15.9 Å². The number of carbonyl (C=O) groups excluding carboxylic acids is 1. The summed E-state index contributed by atoms with van der Waals surface area (Å²) in [5.41, 5.74) is 5.03. The molecule has 35 heavy (non-hydrogen) atoms. The van der Waals surface area contributed by atoms with Crippen LogP contribution >= 0.6 is 0 Å². The molecule has 2 aliphatic rings. The summed E-state index contributed by atoms with van der Waals surface area (Å²) in [5, 5.41) is 12.9. The Morgan fingerprint density at radius 3 is 2.89 bits per heavy atom. The van der Waals surface area contributed by atoms with Crippen molar-refractivity contribution in [2.24, 2.45) is 9.50 Å². The van der Waals surface area contributed by atoms with Crippen LogP contribution in [0, 0.1) is 0 Å². The van der Waals surface area contributed by atoms with Crippen LogP contribution in [0.1, 0.15) is 17.5 Å². The molecule has 1 aliphatic heterocycles. The van der Waals surface area contributed by atoms with E-state index in [2.05, 4.69) is 14.8 Å². The Bertz CT molecular complexity index is 1410. The largest absolute Gasteiger partial charge is 0.497 e. The Kier molecular flexibility index (Phi) is 6.22. The molecule has 10 nitrogen and oxygen atoms in total. The number of ether oxygens (including phenoxy) is 3. The number of amides is 2. The normalized spacial score (nSPS) is 18.1. The number of methoxy groups -OCH3 is 2. The molecule has 1 unspecified atom stereocenters. The summed E-state index contributed by atoms with van der Waals surface area (Å²) in [5.74, 6) is 1.03. The van der Waals surface area contributed by atoms with Gasteiger partial charge in [-0.25, -0.2) is 18.8 Å². The van der Waals surface area contributed by atoms with Crippen LogP contribution in [-0.4, -0.2) is 47.0 Å². The number of anilines is 1. The maximum Gasteiger partial charge on any atom is 0.354 e. The first kappa shape index (κ1) is 23.3. The zero-order valence-corrected chi connectivity index (χ0v) is 20.3. The van der Waals surface area contributed by atoms with Crippen molar-refractivity contribution in [2.75, 3.05) is 26.1 Å². The molecule has 11 heteroatoms.